The van der Waals surface area contributed by atoms with Crippen LogP contribution in [0, 0.1) is 5.92 Å². The van der Waals surface area contributed by atoms with Gasteiger partial charge in [-0.2, -0.15) is 0 Å². The SMILES string of the molecule is CC(C)CNc1nccn1CCc1ccc(Cl)cc1. The van der Waals surface area contributed by atoms with Crippen molar-refractivity contribution in [1.82, 2.24) is 9.55 Å². The van der Waals surface area contributed by atoms with E-state index in [1.165, 1.54) is 5.56 Å². The molecule has 2 rings (SSSR count). The van der Waals surface area contributed by atoms with Crippen LogP contribution in [-0.4, -0.2) is 16.1 Å². The van der Waals surface area contributed by atoms with Gasteiger partial charge in [-0.25, -0.2) is 4.98 Å². The average Bonchev–Trinajstić information content (AvgIpc) is 2.83. The van der Waals surface area contributed by atoms with Crippen LogP contribution in [0.3, 0.4) is 0 Å². The summed E-state index contributed by atoms with van der Waals surface area (Å²) in [5.41, 5.74) is 1.29. The van der Waals surface area contributed by atoms with Crippen molar-refractivity contribution >= 4 is 17.5 Å². The second-order valence-electron chi connectivity index (χ2n) is 5.10. The molecule has 0 saturated heterocycles. The number of rotatable bonds is 6. The maximum absolute atomic E-state index is 5.88. The van der Waals surface area contributed by atoms with Crippen molar-refractivity contribution in [3.8, 4) is 0 Å². The van der Waals surface area contributed by atoms with E-state index in [1.807, 2.05) is 24.5 Å². The molecule has 0 unspecified atom stereocenters. The molecule has 2 aromatic rings. The van der Waals surface area contributed by atoms with Crippen LogP contribution < -0.4 is 5.32 Å². The summed E-state index contributed by atoms with van der Waals surface area (Å²) < 4.78 is 2.15. The molecular formula is C15H20ClN3. The highest BCUT2D eigenvalue weighted by Gasteiger charge is 2.03. The molecule has 0 saturated carbocycles. The van der Waals surface area contributed by atoms with Crippen molar-refractivity contribution in [2.75, 3.05) is 11.9 Å². The van der Waals surface area contributed by atoms with Gasteiger partial charge in [-0.05, 0) is 30.0 Å². The second-order valence-corrected chi connectivity index (χ2v) is 5.53. The summed E-state index contributed by atoms with van der Waals surface area (Å²) in [6, 6.07) is 8.01. The summed E-state index contributed by atoms with van der Waals surface area (Å²) in [6.07, 6.45) is 4.83. The Morgan fingerprint density at radius 3 is 2.68 bits per heavy atom. The number of aromatic nitrogens is 2. The summed E-state index contributed by atoms with van der Waals surface area (Å²) in [5, 5.41) is 4.15. The minimum atomic E-state index is 0.612. The molecule has 0 atom stereocenters. The first-order chi connectivity index (χ1) is 9.15. The normalized spacial score (nSPS) is 10.9. The lowest BCUT2D eigenvalue weighted by atomic mass is 10.1. The van der Waals surface area contributed by atoms with E-state index >= 15 is 0 Å². The summed E-state index contributed by atoms with van der Waals surface area (Å²) in [7, 11) is 0. The number of imidazole rings is 1. The first-order valence-electron chi connectivity index (χ1n) is 6.64. The summed E-state index contributed by atoms with van der Waals surface area (Å²) in [6.45, 7) is 6.24. The predicted molar refractivity (Wildman–Crippen MR) is 80.7 cm³/mol. The molecule has 1 heterocycles. The van der Waals surface area contributed by atoms with Gasteiger partial charge in [0.15, 0.2) is 0 Å². The first-order valence-corrected chi connectivity index (χ1v) is 7.02. The smallest absolute Gasteiger partial charge is 0.202 e. The molecule has 1 N–H and O–H groups in total. The first kappa shape index (κ1) is 13.9. The lowest BCUT2D eigenvalue weighted by Crippen LogP contribution is -2.13. The van der Waals surface area contributed by atoms with E-state index in [4.69, 9.17) is 11.6 Å². The molecular weight excluding hydrogens is 258 g/mol. The van der Waals surface area contributed by atoms with Gasteiger partial charge in [0, 0.05) is 30.5 Å². The van der Waals surface area contributed by atoms with E-state index in [2.05, 4.69) is 40.8 Å². The minimum absolute atomic E-state index is 0.612. The number of halogens is 1. The largest absolute Gasteiger partial charge is 0.355 e. The Kier molecular flexibility index (Phi) is 4.86. The lowest BCUT2D eigenvalue weighted by Gasteiger charge is -2.11. The van der Waals surface area contributed by atoms with E-state index in [0.29, 0.717) is 5.92 Å². The van der Waals surface area contributed by atoms with Crippen LogP contribution in [0.15, 0.2) is 36.7 Å². The van der Waals surface area contributed by atoms with Crippen molar-refractivity contribution in [3.63, 3.8) is 0 Å². The van der Waals surface area contributed by atoms with Crippen LogP contribution in [0.5, 0.6) is 0 Å². The molecule has 4 heteroatoms. The van der Waals surface area contributed by atoms with Crippen LogP contribution in [0.25, 0.3) is 0 Å². The Balaban J connectivity index is 1.92. The van der Waals surface area contributed by atoms with Gasteiger partial charge in [0.05, 0.1) is 0 Å². The standard InChI is InChI=1S/C15H20ClN3/c1-12(2)11-18-15-17-8-10-19(15)9-7-13-3-5-14(16)6-4-13/h3-6,8,10,12H,7,9,11H2,1-2H3,(H,17,18). The molecule has 0 radical (unpaired) electrons. The zero-order valence-corrected chi connectivity index (χ0v) is 12.2. The number of hydrogen-bond donors (Lipinski definition) is 1. The van der Waals surface area contributed by atoms with Gasteiger partial charge in [-0.3, -0.25) is 0 Å². The topological polar surface area (TPSA) is 29.9 Å². The van der Waals surface area contributed by atoms with E-state index in [9.17, 15) is 0 Å². The third kappa shape index (κ3) is 4.28. The number of hydrogen-bond acceptors (Lipinski definition) is 2. The lowest BCUT2D eigenvalue weighted by molar-refractivity contribution is 0.660. The summed E-state index contributed by atoms with van der Waals surface area (Å²) in [4.78, 5) is 4.35. The summed E-state index contributed by atoms with van der Waals surface area (Å²) in [5.74, 6) is 1.56. The Bertz CT molecular complexity index is 502. The van der Waals surface area contributed by atoms with Gasteiger partial charge in [0.2, 0.25) is 5.95 Å². The van der Waals surface area contributed by atoms with Gasteiger partial charge in [-0.1, -0.05) is 37.6 Å². The number of nitrogens with one attached hydrogen (secondary N) is 1. The van der Waals surface area contributed by atoms with E-state index in [1.54, 1.807) is 0 Å². The maximum Gasteiger partial charge on any atom is 0.202 e. The van der Waals surface area contributed by atoms with E-state index < -0.39 is 0 Å². The highest BCUT2D eigenvalue weighted by Crippen LogP contribution is 2.12. The van der Waals surface area contributed by atoms with Gasteiger partial charge in [0.1, 0.15) is 0 Å². The second kappa shape index (κ2) is 6.62. The fourth-order valence-corrected chi connectivity index (χ4v) is 1.98. The van der Waals surface area contributed by atoms with Gasteiger partial charge in [0.25, 0.3) is 0 Å². The Labute approximate surface area is 119 Å². The third-order valence-electron chi connectivity index (χ3n) is 2.94. The van der Waals surface area contributed by atoms with E-state index in [-0.39, 0.29) is 0 Å². The van der Waals surface area contributed by atoms with Crippen LogP contribution in [0.1, 0.15) is 19.4 Å². The monoisotopic (exact) mass is 277 g/mol. The minimum Gasteiger partial charge on any atom is -0.355 e. The number of benzene rings is 1. The van der Waals surface area contributed by atoms with Gasteiger partial charge in [-0.15, -0.1) is 0 Å². The molecule has 3 nitrogen and oxygen atoms in total. The molecule has 0 fully saturated rings. The number of aryl methyl sites for hydroxylation is 2. The van der Waals surface area contributed by atoms with Crippen LogP contribution in [0.2, 0.25) is 5.02 Å². The molecule has 0 aliphatic carbocycles. The van der Waals surface area contributed by atoms with E-state index in [0.717, 1.165) is 30.5 Å². The molecule has 0 aliphatic heterocycles. The molecule has 0 bridgehead atoms. The summed E-state index contributed by atoms with van der Waals surface area (Å²) >= 11 is 5.88. The van der Waals surface area contributed by atoms with Crippen molar-refractivity contribution in [1.29, 1.82) is 0 Å². The maximum atomic E-state index is 5.88. The average molecular weight is 278 g/mol. The number of nitrogens with zero attached hydrogens (tertiary/aromatic N) is 2. The fourth-order valence-electron chi connectivity index (χ4n) is 1.85. The highest BCUT2D eigenvalue weighted by atomic mass is 35.5. The van der Waals surface area contributed by atoms with Crippen molar-refractivity contribution < 1.29 is 0 Å². The molecule has 0 spiro atoms. The fraction of sp³-hybridized carbons (Fsp3) is 0.400. The Morgan fingerprint density at radius 2 is 2.00 bits per heavy atom. The zero-order chi connectivity index (χ0) is 13.7. The van der Waals surface area contributed by atoms with Crippen molar-refractivity contribution in [2.45, 2.75) is 26.8 Å². The van der Waals surface area contributed by atoms with Crippen LogP contribution >= 0.6 is 11.6 Å². The van der Waals surface area contributed by atoms with Crippen LogP contribution in [-0.2, 0) is 13.0 Å². The number of anilines is 1. The van der Waals surface area contributed by atoms with Gasteiger partial charge >= 0.3 is 0 Å². The molecule has 0 aliphatic rings. The third-order valence-corrected chi connectivity index (χ3v) is 3.19. The van der Waals surface area contributed by atoms with Gasteiger partial charge < -0.3 is 9.88 Å². The quantitative estimate of drug-likeness (QED) is 0.869. The molecule has 102 valence electrons. The molecule has 19 heavy (non-hydrogen) atoms. The molecule has 1 aromatic heterocycles. The highest BCUT2D eigenvalue weighted by molar-refractivity contribution is 6.30. The zero-order valence-electron chi connectivity index (χ0n) is 11.4. The van der Waals surface area contributed by atoms with Crippen LogP contribution in [0.4, 0.5) is 5.95 Å². The van der Waals surface area contributed by atoms with Crippen molar-refractivity contribution in [2.24, 2.45) is 5.92 Å². The predicted octanol–water partition coefficient (Wildman–Crippen LogP) is 3.85. The van der Waals surface area contributed by atoms with Crippen molar-refractivity contribution in [3.05, 3.63) is 47.2 Å². The Morgan fingerprint density at radius 1 is 1.26 bits per heavy atom. The molecule has 0 amide bonds. The molecule has 1 aromatic carbocycles. The Hall–Kier alpha value is -1.48.